The zero-order chi connectivity index (χ0) is 20.6. The first-order chi connectivity index (χ1) is 14.1. The third kappa shape index (κ3) is 5.35. The highest BCUT2D eigenvalue weighted by atomic mass is 35.5. The van der Waals surface area contributed by atoms with Crippen LogP contribution in [0.15, 0.2) is 59.4 Å². The molecule has 152 valence electrons. The first kappa shape index (κ1) is 20.9. The molecule has 1 aromatic heterocycles. The molecule has 0 unspecified atom stereocenters. The molecule has 2 N–H and O–H groups in total. The van der Waals surface area contributed by atoms with Gasteiger partial charge in [0, 0.05) is 13.1 Å². The minimum atomic E-state index is -0.363. The van der Waals surface area contributed by atoms with Gasteiger partial charge in [-0.3, -0.25) is 4.79 Å². The Morgan fingerprint density at radius 3 is 2.62 bits per heavy atom. The van der Waals surface area contributed by atoms with Crippen molar-refractivity contribution in [2.45, 2.75) is 13.5 Å². The van der Waals surface area contributed by atoms with Gasteiger partial charge in [0.1, 0.15) is 0 Å². The largest absolute Gasteiger partial charge is 0.490 e. The van der Waals surface area contributed by atoms with Gasteiger partial charge >= 0.3 is 0 Å². The second-order valence-electron chi connectivity index (χ2n) is 6.10. The predicted octanol–water partition coefficient (Wildman–Crippen LogP) is 3.16. The molecule has 7 nitrogen and oxygen atoms in total. The van der Waals surface area contributed by atoms with Gasteiger partial charge < -0.3 is 19.9 Å². The number of rotatable bonds is 9. The first-order valence-electron chi connectivity index (χ1n) is 9.23. The molecule has 29 heavy (non-hydrogen) atoms. The molecule has 0 spiro atoms. The number of halogens is 1. The van der Waals surface area contributed by atoms with Crippen molar-refractivity contribution >= 4 is 11.6 Å². The molecule has 0 aliphatic carbocycles. The molecule has 0 saturated carbocycles. The third-order valence-electron chi connectivity index (χ3n) is 4.00. The van der Waals surface area contributed by atoms with Crippen molar-refractivity contribution < 1.29 is 14.6 Å². The van der Waals surface area contributed by atoms with Crippen molar-refractivity contribution in [1.82, 2.24) is 15.1 Å². The number of benzene rings is 2. The van der Waals surface area contributed by atoms with Crippen molar-refractivity contribution in [2.24, 2.45) is 0 Å². The van der Waals surface area contributed by atoms with Crippen LogP contribution in [0.1, 0.15) is 12.5 Å². The number of hydrogen-bond donors (Lipinski definition) is 2. The monoisotopic (exact) mass is 415 g/mol. The fourth-order valence-electron chi connectivity index (χ4n) is 2.69. The van der Waals surface area contributed by atoms with Crippen molar-refractivity contribution in [3.63, 3.8) is 0 Å². The van der Waals surface area contributed by atoms with Crippen molar-refractivity contribution in [3.8, 4) is 22.9 Å². The van der Waals surface area contributed by atoms with Gasteiger partial charge in [-0.05, 0) is 36.8 Å². The molecule has 3 rings (SSSR count). The maximum Gasteiger partial charge on any atom is 0.275 e. The molecule has 2 aromatic carbocycles. The molecule has 0 bridgehead atoms. The predicted molar refractivity (Wildman–Crippen MR) is 111 cm³/mol. The Kier molecular flexibility index (Phi) is 7.24. The zero-order valence-electron chi connectivity index (χ0n) is 16.0. The molecule has 3 aromatic rings. The molecular formula is C21H22ClN3O4. The minimum absolute atomic E-state index is 0.0598. The van der Waals surface area contributed by atoms with Crippen LogP contribution in [0.4, 0.5) is 0 Å². The molecule has 0 aliphatic rings. The number of nitrogens with one attached hydrogen (secondary N) is 1. The van der Waals surface area contributed by atoms with Crippen LogP contribution in [0, 0.1) is 0 Å². The Balaban J connectivity index is 1.87. The van der Waals surface area contributed by atoms with Crippen LogP contribution in [-0.4, -0.2) is 34.6 Å². The Labute approximate surface area is 173 Å². The normalized spacial score (nSPS) is 10.7. The number of ether oxygens (including phenoxy) is 2. The van der Waals surface area contributed by atoms with E-state index in [0.717, 1.165) is 5.56 Å². The van der Waals surface area contributed by atoms with E-state index in [1.165, 1.54) is 10.7 Å². The number of hydrogen-bond acceptors (Lipinski definition) is 6. The summed E-state index contributed by atoms with van der Waals surface area (Å²) in [4.78, 5) is 12.5. The number of aromatic nitrogens is 2. The molecule has 8 heteroatoms. The van der Waals surface area contributed by atoms with Gasteiger partial charge in [0.25, 0.3) is 5.56 Å². The lowest BCUT2D eigenvalue weighted by Gasteiger charge is -2.14. The van der Waals surface area contributed by atoms with Gasteiger partial charge in [0.15, 0.2) is 22.4 Å². The SMILES string of the molecule is CCOc1cc(CNCCO)ccc1Oc1cc(=O)n(-c2ccccc2)nc1Cl. The van der Waals surface area contributed by atoms with E-state index in [2.05, 4.69) is 10.4 Å². The Morgan fingerprint density at radius 2 is 1.90 bits per heavy atom. The van der Waals surface area contributed by atoms with Crippen LogP contribution in [0.3, 0.4) is 0 Å². The fourth-order valence-corrected chi connectivity index (χ4v) is 2.86. The summed E-state index contributed by atoms with van der Waals surface area (Å²) in [6.07, 6.45) is 0. The van der Waals surface area contributed by atoms with Gasteiger partial charge in [0.05, 0.1) is 25.0 Å². The molecule has 0 amide bonds. The molecule has 0 aliphatic heterocycles. The smallest absolute Gasteiger partial charge is 0.275 e. The van der Waals surface area contributed by atoms with Gasteiger partial charge in [-0.25, -0.2) is 0 Å². The molecule has 0 saturated heterocycles. The average Bonchev–Trinajstić information content (AvgIpc) is 2.73. The van der Waals surface area contributed by atoms with Gasteiger partial charge in [-0.2, -0.15) is 4.68 Å². The topological polar surface area (TPSA) is 85.6 Å². The van der Waals surface area contributed by atoms with E-state index >= 15 is 0 Å². The van der Waals surface area contributed by atoms with E-state index in [9.17, 15) is 4.79 Å². The Morgan fingerprint density at radius 1 is 1.10 bits per heavy atom. The summed E-state index contributed by atoms with van der Waals surface area (Å²) >= 11 is 6.28. The number of para-hydroxylation sites is 1. The molecule has 1 heterocycles. The number of aliphatic hydroxyl groups excluding tert-OH is 1. The highest BCUT2D eigenvalue weighted by Crippen LogP contribution is 2.34. The van der Waals surface area contributed by atoms with Gasteiger partial charge in [-0.15, -0.1) is 5.10 Å². The van der Waals surface area contributed by atoms with E-state index in [-0.39, 0.29) is 23.1 Å². The van der Waals surface area contributed by atoms with Gasteiger partial charge in [-0.1, -0.05) is 35.9 Å². The van der Waals surface area contributed by atoms with Gasteiger partial charge in [0.2, 0.25) is 0 Å². The standard InChI is InChI=1S/C21H22ClN3O4/c1-2-28-18-12-15(14-23-10-11-26)8-9-17(18)29-19-13-20(27)25(24-21(19)22)16-6-4-3-5-7-16/h3-9,12-13,23,26H,2,10-11,14H2,1H3. The van der Waals surface area contributed by atoms with Crippen molar-refractivity contribution in [1.29, 1.82) is 0 Å². The maximum atomic E-state index is 12.5. The minimum Gasteiger partial charge on any atom is -0.490 e. The molecular weight excluding hydrogens is 394 g/mol. The van der Waals surface area contributed by atoms with E-state index in [1.54, 1.807) is 18.2 Å². The second kappa shape index (κ2) is 10.1. The summed E-state index contributed by atoms with van der Waals surface area (Å²) in [5.74, 6) is 1.10. The van der Waals surface area contributed by atoms with E-state index < -0.39 is 0 Å². The average molecular weight is 416 g/mol. The maximum absolute atomic E-state index is 12.5. The van der Waals surface area contributed by atoms with E-state index in [4.69, 9.17) is 26.2 Å². The van der Waals surface area contributed by atoms with E-state index in [1.807, 2.05) is 37.3 Å². The van der Waals surface area contributed by atoms with Crippen LogP contribution in [0.25, 0.3) is 5.69 Å². The highest BCUT2D eigenvalue weighted by Gasteiger charge is 2.14. The Hall–Kier alpha value is -2.87. The molecule has 0 fully saturated rings. The Bertz CT molecular complexity index is 1010. The summed E-state index contributed by atoms with van der Waals surface area (Å²) < 4.78 is 12.7. The summed E-state index contributed by atoms with van der Waals surface area (Å²) in [6.45, 7) is 3.47. The zero-order valence-corrected chi connectivity index (χ0v) is 16.7. The van der Waals surface area contributed by atoms with Crippen LogP contribution in [-0.2, 0) is 6.54 Å². The van der Waals surface area contributed by atoms with Crippen molar-refractivity contribution in [3.05, 3.63) is 75.7 Å². The molecule has 0 radical (unpaired) electrons. The van der Waals surface area contributed by atoms with Crippen LogP contribution >= 0.6 is 11.6 Å². The number of aliphatic hydroxyl groups is 1. The molecule has 0 atom stereocenters. The van der Waals surface area contributed by atoms with Crippen LogP contribution < -0.4 is 20.3 Å². The lowest BCUT2D eigenvalue weighted by molar-refractivity contribution is 0.291. The highest BCUT2D eigenvalue weighted by molar-refractivity contribution is 6.30. The summed E-state index contributed by atoms with van der Waals surface area (Å²) in [5.41, 5.74) is 1.22. The summed E-state index contributed by atoms with van der Waals surface area (Å²) in [7, 11) is 0. The summed E-state index contributed by atoms with van der Waals surface area (Å²) in [5, 5.41) is 16.2. The van der Waals surface area contributed by atoms with E-state index in [0.29, 0.717) is 36.9 Å². The van der Waals surface area contributed by atoms with Crippen molar-refractivity contribution in [2.75, 3.05) is 19.8 Å². The lowest BCUT2D eigenvalue weighted by Crippen LogP contribution is -2.20. The first-order valence-corrected chi connectivity index (χ1v) is 9.60. The lowest BCUT2D eigenvalue weighted by atomic mass is 10.2. The quantitative estimate of drug-likeness (QED) is 0.522. The van der Waals surface area contributed by atoms with Crippen LogP contribution in [0.5, 0.6) is 17.2 Å². The third-order valence-corrected chi connectivity index (χ3v) is 4.26. The van der Waals surface area contributed by atoms with Crippen LogP contribution in [0.2, 0.25) is 5.15 Å². The second-order valence-corrected chi connectivity index (χ2v) is 6.46. The number of nitrogens with zero attached hydrogens (tertiary/aromatic N) is 2. The fraction of sp³-hybridized carbons (Fsp3) is 0.238. The summed E-state index contributed by atoms with van der Waals surface area (Å²) in [6, 6.07) is 15.8.